The second kappa shape index (κ2) is 10.0. The lowest BCUT2D eigenvalue weighted by atomic mass is 10.1. The number of likely N-dealkylation sites (N-methyl/N-ethyl adjacent to an activating group) is 1. The zero-order chi connectivity index (χ0) is 9.94. The van der Waals surface area contributed by atoms with Crippen LogP contribution in [0, 0.1) is 0 Å². The minimum absolute atomic E-state index is 0.137. The van der Waals surface area contributed by atoms with E-state index in [0.717, 1.165) is 19.5 Å². The summed E-state index contributed by atoms with van der Waals surface area (Å²) in [7, 11) is 0. The van der Waals surface area contributed by atoms with Gasteiger partial charge in [-0.3, -0.25) is 0 Å². The first-order valence-corrected chi connectivity index (χ1v) is 5.70. The summed E-state index contributed by atoms with van der Waals surface area (Å²) in [6.45, 7) is 5.99. The largest absolute Gasteiger partial charge is 0.392 e. The molecular formula is C11H25NO. The van der Waals surface area contributed by atoms with E-state index >= 15 is 0 Å². The van der Waals surface area contributed by atoms with Gasteiger partial charge in [-0.15, -0.1) is 0 Å². The number of unbranched alkanes of at least 4 members (excludes halogenated alkanes) is 4. The Balaban J connectivity index is 3.03. The van der Waals surface area contributed by atoms with Crippen molar-refractivity contribution in [2.45, 2.75) is 58.5 Å². The third kappa shape index (κ3) is 9.84. The Labute approximate surface area is 82.7 Å². The molecule has 0 amide bonds. The molecule has 2 nitrogen and oxygen atoms in total. The van der Waals surface area contributed by atoms with Gasteiger partial charge < -0.3 is 10.4 Å². The van der Waals surface area contributed by atoms with Crippen molar-refractivity contribution in [2.75, 3.05) is 13.1 Å². The van der Waals surface area contributed by atoms with E-state index in [2.05, 4.69) is 19.2 Å². The summed E-state index contributed by atoms with van der Waals surface area (Å²) in [6.07, 6.45) is 7.22. The molecule has 2 heteroatoms. The van der Waals surface area contributed by atoms with Gasteiger partial charge in [-0.2, -0.15) is 0 Å². The highest BCUT2D eigenvalue weighted by Gasteiger charge is 2.01. The Morgan fingerprint density at radius 3 is 2.38 bits per heavy atom. The normalized spacial score (nSPS) is 13.2. The van der Waals surface area contributed by atoms with E-state index in [-0.39, 0.29) is 6.10 Å². The average molecular weight is 187 g/mol. The lowest BCUT2D eigenvalue weighted by molar-refractivity contribution is 0.158. The van der Waals surface area contributed by atoms with Crippen molar-refractivity contribution in [3.8, 4) is 0 Å². The molecule has 0 fully saturated rings. The smallest absolute Gasteiger partial charge is 0.0664 e. The summed E-state index contributed by atoms with van der Waals surface area (Å²) in [5, 5.41) is 12.6. The second-order valence-corrected chi connectivity index (χ2v) is 3.66. The Morgan fingerprint density at radius 2 is 1.77 bits per heavy atom. The first-order chi connectivity index (χ1) is 6.31. The van der Waals surface area contributed by atoms with Crippen LogP contribution in [0.2, 0.25) is 0 Å². The van der Waals surface area contributed by atoms with E-state index in [1.54, 1.807) is 0 Å². The van der Waals surface area contributed by atoms with E-state index in [0.29, 0.717) is 0 Å². The van der Waals surface area contributed by atoms with Crippen molar-refractivity contribution in [1.82, 2.24) is 5.32 Å². The van der Waals surface area contributed by atoms with Gasteiger partial charge in [0, 0.05) is 6.54 Å². The van der Waals surface area contributed by atoms with Crippen LogP contribution in [0.25, 0.3) is 0 Å². The average Bonchev–Trinajstić information content (AvgIpc) is 2.14. The molecule has 0 aromatic heterocycles. The monoisotopic (exact) mass is 187 g/mol. The minimum Gasteiger partial charge on any atom is -0.392 e. The lowest BCUT2D eigenvalue weighted by Crippen LogP contribution is -2.26. The molecule has 2 N–H and O–H groups in total. The Kier molecular flexibility index (Phi) is 9.94. The number of hydrogen-bond donors (Lipinski definition) is 2. The van der Waals surface area contributed by atoms with Crippen LogP contribution >= 0.6 is 0 Å². The summed E-state index contributed by atoms with van der Waals surface area (Å²) < 4.78 is 0. The van der Waals surface area contributed by atoms with Crippen molar-refractivity contribution < 1.29 is 5.11 Å². The van der Waals surface area contributed by atoms with Crippen LogP contribution in [-0.4, -0.2) is 24.3 Å². The predicted molar refractivity (Wildman–Crippen MR) is 57.9 cm³/mol. The fourth-order valence-corrected chi connectivity index (χ4v) is 1.40. The van der Waals surface area contributed by atoms with Crippen LogP contribution in [0.4, 0.5) is 0 Å². The molecule has 0 aliphatic rings. The quantitative estimate of drug-likeness (QED) is 0.543. The summed E-state index contributed by atoms with van der Waals surface area (Å²) >= 11 is 0. The minimum atomic E-state index is -0.137. The summed E-state index contributed by atoms with van der Waals surface area (Å²) in [4.78, 5) is 0. The highest BCUT2D eigenvalue weighted by atomic mass is 16.3. The zero-order valence-corrected chi connectivity index (χ0v) is 9.18. The summed E-state index contributed by atoms with van der Waals surface area (Å²) in [5.74, 6) is 0. The van der Waals surface area contributed by atoms with Crippen molar-refractivity contribution in [3.63, 3.8) is 0 Å². The van der Waals surface area contributed by atoms with Crippen LogP contribution in [0.15, 0.2) is 0 Å². The van der Waals surface area contributed by atoms with Crippen molar-refractivity contribution in [2.24, 2.45) is 0 Å². The molecule has 0 saturated carbocycles. The van der Waals surface area contributed by atoms with Crippen LogP contribution in [0.3, 0.4) is 0 Å². The fourth-order valence-electron chi connectivity index (χ4n) is 1.40. The van der Waals surface area contributed by atoms with Crippen molar-refractivity contribution >= 4 is 0 Å². The van der Waals surface area contributed by atoms with E-state index in [1.165, 1.54) is 32.1 Å². The van der Waals surface area contributed by atoms with Gasteiger partial charge in [0.25, 0.3) is 0 Å². The number of nitrogens with one attached hydrogen (secondary N) is 1. The van der Waals surface area contributed by atoms with Crippen LogP contribution < -0.4 is 5.32 Å². The molecule has 0 saturated heterocycles. The van der Waals surface area contributed by atoms with Crippen molar-refractivity contribution in [3.05, 3.63) is 0 Å². The number of rotatable bonds is 9. The van der Waals surface area contributed by atoms with E-state index in [9.17, 15) is 5.11 Å². The van der Waals surface area contributed by atoms with Gasteiger partial charge in [0.15, 0.2) is 0 Å². The molecule has 0 spiro atoms. The molecule has 80 valence electrons. The van der Waals surface area contributed by atoms with Crippen LogP contribution in [-0.2, 0) is 0 Å². The fraction of sp³-hybridized carbons (Fsp3) is 1.00. The van der Waals surface area contributed by atoms with Gasteiger partial charge in [0.2, 0.25) is 0 Å². The Morgan fingerprint density at radius 1 is 1.08 bits per heavy atom. The van der Waals surface area contributed by atoms with Gasteiger partial charge in [-0.05, 0) is 13.0 Å². The maximum atomic E-state index is 9.47. The molecule has 0 aromatic rings. The van der Waals surface area contributed by atoms with Gasteiger partial charge in [-0.1, -0.05) is 46.0 Å². The SMILES string of the molecule is CCCCCCCC(O)CNCC. The molecule has 1 unspecified atom stereocenters. The van der Waals surface area contributed by atoms with Gasteiger partial charge >= 0.3 is 0 Å². The van der Waals surface area contributed by atoms with Gasteiger partial charge in [0.1, 0.15) is 0 Å². The standard InChI is InChI=1S/C11H25NO/c1-3-5-6-7-8-9-11(13)10-12-4-2/h11-13H,3-10H2,1-2H3. The molecule has 0 bridgehead atoms. The predicted octanol–water partition coefficient (Wildman–Crippen LogP) is 2.32. The second-order valence-electron chi connectivity index (χ2n) is 3.66. The molecule has 0 rings (SSSR count). The number of aliphatic hydroxyl groups excluding tert-OH is 1. The van der Waals surface area contributed by atoms with Gasteiger partial charge in [-0.25, -0.2) is 0 Å². The van der Waals surface area contributed by atoms with Crippen LogP contribution in [0.1, 0.15) is 52.4 Å². The third-order valence-corrected chi connectivity index (χ3v) is 2.27. The van der Waals surface area contributed by atoms with E-state index < -0.39 is 0 Å². The number of aliphatic hydroxyl groups is 1. The maximum absolute atomic E-state index is 9.47. The molecule has 0 radical (unpaired) electrons. The van der Waals surface area contributed by atoms with E-state index in [4.69, 9.17) is 0 Å². The first kappa shape index (κ1) is 12.9. The zero-order valence-electron chi connectivity index (χ0n) is 9.18. The molecule has 1 atom stereocenters. The highest BCUT2D eigenvalue weighted by Crippen LogP contribution is 2.06. The molecule has 0 heterocycles. The lowest BCUT2D eigenvalue weighted by Gasteiger charge is -2.10. The first-order valence-electron chi connectivity index (χ1n) is 5.70. The van der Waals surface area contributed by atoms with Gasteiger partial charge in [0.05, 0.1) is 6.10 Å². The Bertz CT molecular complexity index is 96.1. The molecular weight excluding hydrogens is 162 g/mol. The third-order valence-electron chi connectivity index (χ3n) is 2.27. The molecule has 0 aliphatic carbocycles. The van der Waals surface area contributed by atoms with Crippen LogP contribution in [0.5, 0.6) is 0 Å². The van der Waals surface area contributed by atoms with Crippen molar-refractivity contribution in [1.29, 1.82) is 0 Å². The molecule has 0 aromatic carbocycles. The molecule has 0 aliphatic heterocycles. The topological polar surface area (TPSA) is 32.3 Å². The molecule has 13 heavy (non-hydrogen) atoms. The maximum Gasteiger partial charge on any atom is 0.0664 e. The summed E-state index contributed by atoms with van der Waals surface area (Å²) in [5.41, 5.74) is 0. The number of hydrogen-bond acceptors (Lipinski definition) is 2. The highest BCUT2D eigenvalue weighted by molar-refractivity contribution is 4.58. The summed E-state index contributed by atoms with van der Waals surface area (Å²) in [6, 6.07) is 0. The Hall–Kier alpha value is -0.0800. The van der Waals surface area contributed by atoms with E-state index in [1.807, 2.05) is 0 Å².